The van der Waals surface area contributed by atoms with Crippen molar-refractivity contribution in [3.05, 3.63) is 22.4 Å². The molecule has 1 rings (SSSR count). The van der Waals surface area contributed by atoms with Gasteiger partial charge in [-0.2, -0.15) is 0 Å². The number of rotatable bonds is 9. The topological polar surface area (TPSA) is 62.9 Å². The molecule has 1 heterocycles. The van der Waals surface area contributed by atoms with Crippen LogP contribution in [0.15, 0.2) is 22.5 Å². The molecule has 0 bridgehead atoms. The first-order valence-electron chi connectivity index (χ1n) is 6.96. The molecule has 0 aliphatic heterocycles. The van der Waals surface area contributed by atoms with Crippen LogP contribution in [0.1, 0.15) is 24.3 Å². The highest BCUT2D eigenvalue weighted by atomic mass is 127. The molecule has 21 heavy (non-hydrogen) atoms. The zero-order valence-electron chi connectivity index (χ0n) is 13.0. The molecule has 0 aromatic carbocycles. The second kappa shape index (κ2) is 12.2. The van der Waals surface area contributed by atoms with Crippen molar-refractivity contribution in [2.75, 3.05) is 40.4 Å². The first-order chi connectivity index (χ1) is 9.65. The summed E-state index contributed by atoms with van der Waals surface area (Å²) in [5.41, 5.74) is 5.87. The van der Waals surface area contributed by atoms with Gasteiger partial charge in [-0.15, -0.1) is 35.3 Å². The third kappa shape index (κ3) is 8.60. The summed E-state index contributed by atoms with van der Waals surface area (Å²) >= 11 is 1.75. The van der Waals surface area contributed by atoms with Crippen LogP contribution in [-0.4, -0.2) is 51.3 Å². The van der Waals surface area contributed by atoms with Gasteiger partial charge in [-0.25, -0.2) is 0 Å². The van der Waals surface area contributed by atoms with Gasteiger partial charge in [0.15, 0.2) is 5.96 Å². The minimum atomic E-state index is 0. The lowest BCUT2D eigenvalue weighted by Crippen LogP contribution is -2.34. The van der Waals surface area contributed by atoms with Crippen LogP contribution in [0, 0.1) is 0 Å². The van der Waals surface area contributed by atoms with Crippen LogP contribution < -0.4 is 11.1 Å². The second-order valence-electron chi connectivity index (χ2n) is 4.70. The van der Waals surface area contributed by atoms with Crippen LogP contribution in [0.2, 0.25) is 0 Å². The van der Waals surface area contributed by atoms with E-state index in [9.17, 15) is 0 Å². The van der Waals surface area contributed by atoms with Crippen molar-refractivity contribution < 1.29 is 4.74 Å². The first kappa shape index (κ1) is 20.6. The molecular weight excluding hydrogens is 399 g/mol. The number of hydrogen-bond acceptors (Lipinski definition) is 4. The highest BCUT2D eigenvalue weighted by Crippen LogP contribution is 2.23. The monoisotopic (exact) mass is 426 g/mol. The van der Waals surface area contributed by atoms with Gasteiger partial charge in [0.2, 0.25) is 0 Å². The lowest BCUT2D eigenvalue weighted by molar-refractivity contribution is 0.145. The van der Waals surface area contributed by atoms with E-state index >= 15 is 0 Å². The predicted octanol–water partition coefficient (Wildman–Crippen LogP) is 2.30. The van der Waals surface area contributed by atoms with E-state index in [4.69, 9.17) is 10.5 Å². The van der Waals surface area contributed by atoms with Gasteiger partial charge in [0.05, 0.1) is 12.6 Å². The summed E-state index contributed by atoms with van der Waals surface area (Å²) in [6, 6.07) is 4.48. The normalized spacial score (nSPS) is 13.0. The van der Waals surface area contributed by atoms with Crippen molar-refractivity contribution >= 4 is 41.3 Å². The van der Waals surface area contributed by atoms with Crippen molar-refractivity contribution in [1.29, 1.82) is 0 Å². The van der Waals surface area contributed by atoms with E-state index in [0.717, 1.165) is 26.2 Å². The number of nitrogens with two attached hydrogens (primary N) is 1. The summed E-state index contributed by atoms with van der Waals surface area (Å²) in [6.07, 6.45) is 0.937. The Bertz CT molecular complexity index is 384. The van der Waals surface area contributed by atoms with Gasteiger partial charge in [-0.3, -0.25) is 4.99 Å². The molecule has 0 spiro atoms. The molecule has 0 amide bonds. The number of thiophene rings is 1. The standard InChI is InChI=1S/C14H26N4OS.HI/c1-4-19-9-6-8-16-14(15)17-11-12(18(2)3)13-7-5-10-20-13;/h5,7,10,12H,4,6,8-9,11H2,1-3H3,(H3,15,16,17);1H. The minimum absolute atomic E-state index is 0. The first-order valence-corrected chi connectivity index (χ1v) is 7.84. The average Bonchev–Trinajstić information content (AvgIpc) is 2.92. The van der Waals surface area contributed by atoms with E-state index < -0.39 is 0 Å². The number of guanidine groups is 1. The van der Waals surface area contributed by atoms with E-state index in [1.54, 1.807) is 11.3 Å². The average molecular weight is 426 g/mol. The molecule has 1 aromatic rings. The Hall–Kier alpha value is -0.380. The van der Waals surface area contributed by atoms with Gasteiger partial charge >= 0.3 is 0 Å². The van der Waals surface area contributed by atoms with Crippen LogP contribution in [0.3, 0.4) is 0 Å². The summed E-state index contributed by atoms with van der Waals surface area (Å²) in [4.78, 5) is 7.90. The number of likely N-dealkylation sites (N-methyl/N-ethyl adjacent to an activating group) is 1. The molecule has 5 nitrogen and oxygen atoms in total. The number of aliphatic imine (C=N–C) groups is 1. The van der Waals surface area contributed by atoms with Crippen LogP contribution in [0.25, 0.3) is 0 Å². The third-order valence-electron chi connectivity index (χ3n) is 2.91. The Labute approximate surface area is 149 Å². The number of nitrogens with one attached hydrogen (secondary N) is 1. The molecule has 122 valence electrons. The molecule has 0 radical (unpaired) electrons. The maximum absolute atomic E-state index is 5.87. The molecule has 1 atom stereocenters. The predicted molar refractivity (Wildman–Crippen MR) is 102 cm³/mol. The quantitative estimate of drug-likeness (QED) is 0.275. The van der Waals surface area contributed by atoms with Gasteiger partial charge in [0.1, 0.15) is 0 Å². The van der Waals surface area contributed by atoms with Crippen LogP contribution in [-0.2, 0) is 4.74 Å². The number of ether oxygens (including phenoxy) is 1. The Balaban J connectivity index is 0.00000400. The van der Waals surface area contributed by atoms with E-state index in [1.807, 2.05) is 6.92 Å². The fraction of sp³-hybridized carbons (Fsp3) is 0.643. The summed E-state index contributed by atoms with van der Waals surface area (Å²) in [5, 5.41) is 5.20. The van der Waals surface area contributed by atoms with Crippen LogP contribution in [0.5, 0.6) is 0 Å². The summed E-state index contributed by atoms with van der Waals surface area (Å²) in [7, 11) is 4.12. The maximum atomic E-state index is 5.87. The molecule has 0 aliphatic carbocycles. The van der Waals surface area contributed by atoms with Gasteiger partial charge in [0.25, 0.3) is 0 Å². The Morgan fingerprint density at radius 2 is 2.29 bits per heavy atom. The Morgan fingerprint density at radius 3 is 2.86 bits per heavy atom. The lowest BCUT2D eigenvalue weighted by atomic mass is 10.2. The molecule has 0 saturated heterocycles. The van der Waals surface area contributed by atoms with Crippen LogP contribution in [0.4, 0.5) is 0 Å². The minimum Gasteiger partial charge on any atom is -0.382 e. The highest BCUT2D eigenvalue weighted by molar-refractivity contribution is 14.0. The summed E-state index contributed by atoms with van der Waals surface area (Å²) in [5.74, 6) is 0.505. The fourth-order valence-corrected chi connectivity index (χ4v) is 2.68. The van der Waals surface area contributed by atoms with Gasteiger partial charge in [-0.05, 0) is 38.9 Å². The molecular formula is C14H27IN4OS. The number of hydrogen-bond donors (Lipinski definition) is 2. The van der Waals surface area contributed by atoms with E-state index in [-0.39, 0.29) is 30.0 Å². The molecule has 7 heteroatoms. The lowest BCUT2D eigenvalue weighted by Gasteiger charge is -2.21. The highest BCUT2D eigenvalue weighted by Gasteiger charge is 2.14. The third-order valence-corrected chi connectivity index (χ3v) is 3.88. The van der Waals surface area contributed by atoms with Crippen molar-refractivity contribution in [2.45, 2.75) is 19.4 Å². The zero-order valence-corrected chi connectivity index (χ0v) is 16.2. The van der Waals surface area contributed by atoms with Crippen molar-refractivity contribution in [2.24, 2.45) is 10.7 Å². The van der Waals surface area contributed by atoms with Crippen molar-refractivity contribution in [1.82, 2.24) is 10.2 Å². The van der Waals surface area contributed by atoms with E-state index in [1.165, 1.54) is 4.88 Å². The Morgan fingerprint density at radius 1 is 1.52 bits per heavy atom. The largest absolute Gasteiger partial charge is 0.382 e. The fourth-order valence-electron chi connectivity index (χ4n) is 1.76. The summed E-state index contributed by atoms with van der Waals surface area (Å²) < 4.78 is 5.27. The molecule has 0 aliphatic rings. The van der Waals surface area contributed by atoms with Gasteiger partial charge < -0.3 is 20.7 Å². The Kier molecular flexibility index (Phi) is 12.0. The molecule has 1 unspecified atom stereocenters. The zero-order chi connectivity index (χ0) is 14.8. The van der Waals surface area contributed by atoms with Crippen molar-refractivity contribution in [3.63, 3.8) is 0 Å². The van der Waals surface area contributed by atoms with E-state index in [0.29, 0.717) is 12.5 Å². The van der Waals surface area contributed by atoms with E-state index in [2.05, 4.69) is 46.8 Å². The summed E-state index contributed by atoms with van der Waals surface area (Å²) in [6.45, 7) is 4.97. The van der Waals surface area contributed by atoms with Crippen molar-refractivity contribution in [3.8, 4) is 0 Å². The SMILES string of the molecule is CCOCCCNC(N)=NCC(c1cccs1)N(C)C.I. The van der Waals surface area contributed by atoms with Gasteiger partial charge in [0, 0.05) is 24.6 Å². The van der Waals surface area contributed by atoms with Gasteiger partial charge in [-0.1, -0.05) is 6.07 Å². The molecule has 1 aromatic heterocycles. The van der Waals surface area contributed by atoms with Crippen LogP contribution >= 0.6 is 35.3 Å². The molecule has 0 fully saturated rings. The smallest absolute Gasteiger partial charge is 0.188 e. The molecule has 0 saturated carbocycles. The number of nitrogens with zero attached hydrogens (tertiary/aromatic N) is 2. The second-order valence-corrected chi connectivity index (χ2v) is 5.68. The number of halogens is 1. The maximum Gasteiger partial charge on any atom is 0.188 e. The molecule has 3 N–H and O–H groups in total.